The summed E-state index contributed by atoms with van der Waals surface area (Å²) in [5.74, 6) is -0.509. The summed E-state index contributed by atoms with van der Waals surface area (Å²) in [5, 5.41) is 5.92. The van der Waals surface area contributed by atoms with E-state index in [2.05, 4.69) is 10.6 Å². The van der Waals surface area contributed by atoms with Crippen LogP contribution in [0.25, 0.3) is 0 Å². The van der Waals surface area contributed by atoms with E-state index >= 15 is 0 Å². The third-order valence-corrected chi connectivity index (χ3v) is 3.86. The first-order valence-corrected chi connectivity index (χ1v) is 8.63. The van der Waals surface area contributed by atoms with Gasteiger partial charge in [0.05, 0.1) is 11.6 Å². The zero-order chi connectivity index (χ0) is 18.8. The number of carbonyl (C=O) groups is 1. The molecule has 2 N–H and O–H groups in total. The van der Waals surface area contributed by atoms with E-state index in [1.54, 1.807) is 19.2 Å². The number of hydrogen-bond donors (Lipinski definition) is 2. The lowest BCUT2D eigenvalue weighted by Gasteiger charge is -2.19. The molecule has 0 aromatic heterocycles. The summed E-state index contributed by atoms with van der Waals surface area (Å²) in [6.07, 6.45) is -0.864. The Morgan fingerprint density at radius 3 is 2.62 bits per heavy atom. The fraction of sp³-hybridized carbons (Fsp3) is 0.316. The lowest BCUT2D eigenvalue weighted by atomic mass is 10.1. The molecule has 1 unspecified atom stereocenters. The minimum atomic E-state index is -0.864. The summed E-state index contributed by atoms with van der Waals surface area (Å²) in [6, 6.07) is 13.1. The number of amides is 1. The van der Waals surface area contributed by atoms with Gasteiger partial charge in [0.1, 0.15) is 11.6 Å². The lowest BCUT2D eigenvalue weighted by molar-refractivity contribution is -0.128. The lowest BCUT2D eigenvalue weighted by Crippen LogP contribution is -2.37. The van der Waals surface area contributed by atoms with Crippen molar-refractivity contribution in [1.82, 2.24) is 10.6 Å². The van der Waals surface area contributed by atoms with Gasteiger partial charge in [-0.15, -0.1) is 0 Å². The van der Waals surface area contributed by atoms with Crippen LogP contribution in [0.1, 0.15) is 11.7 Å². The average molecular weight is 381 g/mol. The van der Waals surface area contributed by atoms with E-state index in [0.29, 0.717) is 37.6 Å². The maximum Gasteiger partial charge on any atom is 0.265 e. The van der Waals surface area contributed by atoms with Crippen LogP contribution in [-0.4, -0.2) is 39.3 Å². The Kier molecular flexibility index (Phi) is 8.34. The van der Waals surface area contributed by atoms with E-state index in [0.717, 1.165) is 0 Å². The van der Waals surface area contributed by atoms with Gasteiger partial charge in [0.15, 0.2) is 0 Å². The fourth-order valence-corrected chi connectivity index (χ4v) is 2.42. The number of methoxy groups -OCH3 is 1. The maximum absolute atomic E-state index is 13.3. The normalized spacial score (nSPS) is 11.8. The number of rotatable bonds is 10. The molecule has 0 aliphatic carbocycles. The molecule has 0 saturated carbocycles. The number of ether oxygens (including phenoxy) is 2. The highest BCUT2D eigenvalue weighted by atomic mass is 35.5. The van der Waals surface area contributed by atoms with Crippen molar-refractivity contribution >= 4 is 17.5 Å². The zero-order valence-electron chi connectivity index (χ0n) is 14.5. The number of halogens is 2. The van der Waals surface area contributed by atoms with Gasteiger partial charge in [-0.1, -0.05) is 41.9 Å². The second kappa shape index (κ2) is 10.8. The predicted molar refractivity (Wildman–Crippen MR) is 99.0 cm³/mol. The Hall–Kier alpha value is -2.15. The molecule has 0 saturated heterocycles. The van der Waals surface area contributed by atoms with Crippen LogP contribution in [0.5, 0.6) is 5.75 Å². The number of carbonyl (C=O) groups excluding carboxylic acids is 1. The smallest absolute Gasteiger partial charge is 0.265 e. The SMILES string of the molecule is COCCNCCNC(=O)C(Oc1ccc(F)c(Cl)c1)c1ccccc1. The minimum absolute atomic E-state index is 0.0583. The van der Waals surface area contributed by atoms with Gasteiger partial charge in [-0.05, 0) is 12.1 Å². The van der Waals surface area contributed by atoms with Crippen molar-refractivity contribution in [2.24, 2.45) is 0 Å². The molecule has 140 valence electrons. The van der Waals surface area contributed by atoms with Gasteiger partial charge in [-0.3, -0.25) is 4.79 Å². The second-order valence-electron chi connectivity index (χ2n) is 5.52. The van der Waals surface area contributed by atoms with Gasteiger partial charge in [-0.25, -0.2) is 4.39 Å². The first-order valence-electron chi connectivity index (χ1n) is 8.26. The number of hydrogen-bond acceptors (Lipinski definition) is 4. The van der Waals surface area contributed by atoms with Gasteiger partial charge in [-0.2, -0.15) is 0 Å². The van der Waals surface area contributed by atoms with Crippen LogP contribution in [0, 0.1) is 5.82 Å². The summed E-state index contributed by atoms with van der Waals surface area (Å²) in [7, 11) is 1.63. The molecular weight excluding hydrogens is 359 g/mol. The molecular formula is C19H22ClFN2O3. The molecule has 0 aliphatic rings. The maximum atomic E-state index is 13.3. The summed E-state index contributed by atoms with van der Waals surface area (Å²) in [5.41, 5.74) is 0.692. The van der Waals surface area contributed by atoms with Crippen molar-refractivity contribution in [2.45, 2.75) is 6.10 Å². The first kappa shape index (κ1) is 20.2. The monoisotopic (exact) mass is 380 g/mol. The highest BCUT2D eigenvalue weighted by Crippen LogP contribution is 2.26. The van der Waals surface area contributed by atoms with Gasteiger partial charge >= 0.3 is 0 Å². The molecule has 26 heavy (non-hydrogen) atoms. The topological polar surface area (TPSA) is 59.6 Å². The van der Waals surface area contributed by atoms with Crippen LogP contribution in [0.4, 0.5) is 4.39 Å². The molecule has 1 amide bonds. The molecule has 0 heterocycles. The Bertz CT molecular complexity index is 700. The number of nitrogens with one attached hydrogen (secondary N) is 2. The van der Waals surface area contributed by atoms with Crippen molar-refractivity contribution in [2.75, 3.05) is 33.4 Å². The minimum Gasteiger partial charge on any atom is -0.476 e. The zero-order valence-corrected chi connectivity index (χ0v) is 15.3. The van der Waals surface area contributed by atoms with Gasteiger partial charge < -0.3 is 20.1 Å². The van der Waals surface area contributed by atoms with Gasteiger partial charge in [0, 0.05) is 38.4 Å². The fourth-order valence-electron chi connectivity index (χ4n) is 2.25. The molecule has 2 aromatic rings. The predicted octanol–water partition coefficient (Wildman–Crippen LogP) is 2.95. The Labute approximate surface area is 157 Å². The summed E-state index contributed by atoms with van der Waals surface area (Å²) < 4.78 is 24.1. The van der Waals surface area contributed by atoms with Gasteiger partial charge in [0.25, 0.3) is 5.91 Å². The van der Waals surface area contributed by atoms with Crippen LogP contribution in [0.3, 0.4) is 0 Å². The van der Waals surface area contributed by atoms with Crippen LogP contribution >= 0.6 is 11.6 Å². The van der Waals surface area contributed by atoms with Crippen LogP contribution < -0.4 is 15.4 Å². The van der Waals surface area contributed by atoms with Crippen LogP contribution in [-0.2, 0) is 9.53 Å². The Morgan fingerprint density at radius 1 is 1.15 bits per heavy atom. The van der Waals surface area contributed by atoms with Gasteiger partial charge in [0.2, 0.25) is 6.10 Å². The summed E-state index contributed by atoms with van der Waals surface area (Å²) >= 11 is 5.79. The molecule has 0 bridgehead atoms. The molecule has 2 aromatic carbocycles. The first-order chi connectivity index (χ1) is 12.6. The largest absolute Gasteiger partial charge is 0.476 e. The molecule has 0 radical (unpaired) electrons. The molecule has 0 aliphatic heterocycles. The number of benzene rings is 2. The molecule has 1 atom stereocenters. The van der Waals surface area contributed by atoms with Crippen molar-refractivity contribution in [3.05, 3.63) is 64.9 Å². The quantitative estimate of drug-likeness (QED) is 0.622. The van der Waals surface area contributed by atoms with E-state index < -0.39 is 11.9 Å². The summed E-state index contributed by atoms with van der Waals surface area (Å²) in [4.78, 5) is 12.6. The summed E-state index contributed by atoms with van der Waals surface area (Å²) in [6.45, 7) is 2.37. The third-order valence-electron chi connectivity index (χ3n) is 3.57. The Morgan fingerprint density at radius 2 is 1.92 bits per heavy atom. The Balaban J connectivity index is 2.01. The highest BCUT2D eigenvalue weighted by molar-refractivity contribution is 6.30. The van der Waals surface area contributed by atoms with Crippen molar-refractivity contribution in [1.29, 1.82) is 0 Å². The molecule has 0 spiro atoms. The van der Waals surface area contributed by atoms with Crippen LogP contribution in [0.15, 0.2) is 48.5 Å². The average Bonchev–Trinajstić information content (AvgIpc) is 2.66. The molecule has 2 rings (SSSR count). The van der Waals surface area contributed by atoms with Crippen molar-refractivity contribution in [3.63, 3.8) is 0 Å². The van der Waals surface area contributed by atoms with Crippen LogP contribution in [0.2, 0.25) is 5.02 Å². The standard InChI is InChI=1S/C19H22ClFN2O3/c1-25-12-11-22-9-10-23-19(24)18(14-5-3-2-4-6-14)26-15-7-8-17(21)16(20)13-15/h2-8,13,18,22H,9-12H2,1H3,(H,23,24). The molecule has 0 fully saturated rings. The van der Waals surface area contributed by atoms with E-state index in [4.69, 9.17) is 21.1 Å². The second-order valence-corrected chi connectivity index (χ2v) is 5.93. The van der Waals surface area contributed by atoms with E-state index in [1.165, 1.54) is 18.2 Å². The third kappa shape index (κ3) is 6.29. The highest BCUT2D eigenvalue weighted by Gasteiger charge is 2.22. The van der Waals surface area contributed by atoms with Crippen molar-refractivity contribution < 1.29 is 18.7 Å². The molecule has 5 nitrogen and oxygen atoms in total. The van der Waals surface area contributed by atoms with E-state index in [-0.39, 0.29) is 10.9 Å². The van der Waals surface area contributed by atoms with Crippen molar-refractivity contribution in [3.8, 4) is 5.75 Å². The molecule has 7 heteroatoms. The van der Waals surface area contributed by atoms with E-state index in [9.17, 15) is 9.18 Å². The van der Waals surface area contributed by atoms with E-state index in [1.807, 2.05) is 18.2 Å².